The van der Waals surface area contributed by atoms with Crippen LogP contribution in [0.25, 0.3) is 82.5 Å². The maximum Gasteiger partial charge on any atom is 0.247 e. The first-order valence-electron chi connectivity index (χ1n) is 24.9. The summed E-state index contributed by atoms with van der Waals surface area (Å²) in [6.07, 6.45) is 2.84. The van der Waals surface area contributed by atoms with Crippen LogP contribution < -0.4 is 49.2 Å². The SMILES string of the molecule is c1ccc2c(c1)Cc1cccc3c1B2c1cccc2c4c(c5c6ccc7c8c6n(c5c5c6ccc9c%10c6n(c45)-c4ccccc4B%10c4ccccc4C9)-c4ccccc4B8c4ccccc4C7)n-3c12. The quantitative estimate of drug-likeness (QED) is 0.144. The first-order chi connectivity index (χ1) is 34.3. The van der Waals surface area contributed by atoms with Gasteiger partial charge in [-0.15, -0.1) is 0 Å². The third-order valence-electron chi connectivity index (χ3n) is 18.1. The number of nitrogens with zero attached hydrogens (tertiary/aromatic N) is 3. The molecule has 0 radical (unpaired) electrons. The van der Waals surface area contributed by atoms with Crippen molar-refractivity contribution in [2.24, 2.45) is 0 Å². The number of benzene rings is 10. The molecule has 0 aliphatic carbocycles. The van der Waals surface area contributed by atoms with E-state index in [9.17, 15) is 0 Å². The Morgan fingerprint density at radius 2 is 0.609 bits per heavy atom. The fourth-order valence-corrected chi connectivity index (χ4v) is 15.7. The molecular weight excluding hydrogens is 831 g/mol. The van der Waals surface area contributed by atoms with Crippen LogP contribution in [0.5, 0.6) is 0 Å². The number of hydrogen-bond acceptors (Lipinski definition) is 0. The van der Waals surface area contributed by atoms with Crippen molar-refractivity contribution >= 4 is 135 Å². The van der Waals surface area contributed by atoms with Gasteiger partial charge in [-0.05, 0) is 104 Å². The van der Waals surface area contributed by atoms with Gasteiger partial charge in [-0.25, -0.2) is 0 Å². The second-order valence-corrected chi connectivity index (χ2v) is 20.9. The van der Waals surface area contributed by atoms with Gasteiger partial charge in [0.1, 0.15) is 0 Å². The average Bonchev–Trinajstić information content (AvgIpc) is 4.06. The Hall–Kier alpha value is -8.21. The van der Waals surface area contributed by atoms with E-state index in [-0.39, 0.29) is 20.1 Å². The van der Waals surface area contributed by atoms with Crippen molar-refractivity contribution in [1.82, 2.24) is 13.7 Å². The van der Waals surface area contributed by atoms with Crippen LogP contribution in [-0.2, 0) is 19.3 Å². The Balaban J connectivity index is 1.11. The summed E-state index contributed by atoms with van der Waals surface area (Å²) in [5.74, 6) is 0. The maximum atomic E-state index is 2.76. The van der Waals surface area contributed by atoms with Crippen molar-refractivity contribution in [3.8, 4) is 17.1 Å². The predicted octanol–water partition coefficient (Wildman–Crippen LogP) is 7.18. The van der Waals surface area contributed by atoms with Crippen molar-refractivity contribution in [2.45, 2.75) is 19.3 Å². The van der Waals surface area contributed by atoms with E-state index in [1.807, 2.05) is 0 Å². The highest BCUT2D eigenvalue weighted by molar-refractivity contribution is 7.00. The van der Waals surface area contributed by atoms with E-state index >= 15 is 0 Å². The van der Waals surface area contributed by atoms with E-state index in [4.69, 9.17) is 0 Å². The highest BCUT2D eigenvalue weighted by Gasteiger charge is 2.45. The summed E-state index contributed by atoms with van der Waals surface area (Å²) in [7, 11) is 0. The molecule has 0 atom stereocenters. The number of aromatic nitrogens is 3. The van der Waals surface area contributed by atoms with E-state index in [0.29, 0.717) is 0 Å². The molecule has 0 N–H and O–H groups in total. The monoisotopic (exact) mass is 867 g/mol. The smallest absolute Gasteiger partial charge is 0.247 e. The summed E-state index contributed by atoms with van der Waals surface area (Å²) in [6.45, 7) is 0.483. The number of fused-ring (bicyclic) bond motifs is 26. The van der Waals surface area contributed by atoms with Crippen molar-refractivity contribution < 1.29 is 0 Å². The molecule has 0 amide bonds. The van der Waals surface area contributed by atoms with Crippen molar-refractivity contribution in [2.75, 3.05) is 0 Å². The van der Waals surface area contributed by atoms with Crippen molar-refractivity contribution in [3.63, 3.8) is 0 Å². The minimum Gasteiger partial charge on any atom is -0.309 e. The van der Waals surface area contributed by atoms with Crippen LogP contribution in [0.2, 0.25) is 0 Å². The van der Waals surface area contributed by atoms with Gasteiger partial charge in [0, 0.05) is 65.9 Å². The van der Waals surface area contributed by atoms with Crippen LogP contribution in [0, 0.1) is 0 Å². The molecule has 69 heavy (non-hydrogen) atoms. The lowest BCUT2D eigenvalue weighted by Crippen LogP contribution is -2.60. The molecule has 312 valence electrons. The highest BCUT2D eigenvalue weighted by atomic mass is 15.1. The van der Waals surface area contributed by atoms with Crippen LogP contribution >= 0.6 is 0 Å². The summed E-state index contributed by atoms with van der Waals surface area (Å²) in [4.78, 5) is 0. The van der Waals surface area contributed by atoms with Crippen LogP contribution in [0.4, 0.5) is 0 Å². The number of hydrogen-bond donors (Lipinski definition) is 0. The second kappa shape index (κ2) is 11.7. The van der Waals surface area contributed by atoms with E-state index in [2.05, 4.69) is 196 Å². The zero-order valence-corrected chi connectivity index (χ0v) is 37.5. The van der Waals surface area contributed by atoms with Gasteiger partial charge >= 0.3 is 0 Å². The third-order valence-corrected chi connectivity index (χ3v) is 18.1. The van der Waals surface area contributed by atoms with Crippen LogP contribution in [0.1, 0.15) is 33.4 Å². The largest absolute Gasteiger partial charge is 0.309 e. The molecule has 6 heteroatoms. The second-order valence-electron chi connectivity index (χ2n) is 20.9. The Kier molecular flexibility index (Phi) is 5.95. The van der Waals surface area contributed by atoms with Gasteiger partial charge in [-0.2, -0.15) is 0 Å². The summed E-state index contributed by atoms with van der Waals surface area (Å²) in [6, 6.07) is 71.1. The Labute approximate surface area is 398 Å². The van der Waals surface area contributed by atoms with Gasteiger partial charge in [-0.3, -0.25) is 0 Å². The van der Waals surface area contributed by atoms with Gasteiger partial charge < -0.3 is 13.7 Å². The topological polar surface area (TPSA) is 14.8 Å². The molecule has 6 aliphatic heterocycles. The first kappa shape index (κ1) is 35.0. The first-order valence-corrected chi connectivity index (χ1v) is 24.9. The van der Waals surface area contributed by atoms with Gasteiger partial charge in [0.05, 0.1) is 16.6 Å². The lowest BCUT2D eigenvalue weighted by molar-refractivity contribution is 1.15. The maximum absolute atomic E-state index is 2.76. The van der Waals surface area contributed by atoms with Crippen molar-refractivity contribution in [1.29, 1.82) is 0 Å². The molecule has 0 spiro atoms. The lowest BCUT2D eigenvalue weighted by Gasteiger charge is -2.33. The summed E-state index contributed by atoms with van der Waals surface area (Å²) >= 11 is 0. The minimum atomic E-state index is 0.161. The molecule has 9 heterocycles. The third kappa shape index (κ3) is 3.82. The molecule has 6 aliphatic rings. The average molecular weight is 867 g/mol. The lowest BCUT2D eigenvalue weighted by atomic mass is 9.32. The zero-order chi connectivity index (χ0) is 44.1. The summed E-state index contributed by atoms with van der Waals surface area (Å²) in [5, 5.41) is 8.14. The van der Waals surface area contributed by atoms with Gasteiger partial charge in [0.2, 0.25) is 20.1 Å². The molecule has 0 saturated heterocycles. The molecule has 10 aromatic carbocycles. The fraction of sp³-hybridized carbons (Fsp3) is 0.0476. The van der Waals surface area contributed by atoms with Crippen molar-refractivity contribution in [3.05, 3.63) is 215 Å². The van der Waals surface area contributed by atoms with E-state index in [1.165, 1.54) is 165 Å². The van der Waals surface area contributed by atoms with Gasteiger partial charge in [0.15, 0.2) is 0 Å². The summed E-state index contributed by atoms with van der Waals surface area (Å²) in [5.41, 5.74) is 33.7. The number of rotatable bonds is 0. The molecule has 3 aromatic heterocycles. The summed E-state index contributed by atoms with van der Waals surface area (Å²) < 4.78 is 8.29. The Morgan fingerprint density at radius 3 is 1.13 bits per heavy atom. The van der Waals surface area contributed by atoms with Crippen LogP contribution in [0.3, 0.4) is 0 Å². The molecule has 19 rings (SSSR count). The molecule has 3 nitrogen and oxygen atoms in total. The standard InChI is InChI=1S/C63H36B3N3/c1-4-18-43-35(14-1)32-38-27-29-41-53-61(67-49-24-9-7-21-46(49)64(43)56(38)59(41)67)52-40-17-12-23-48-58(40)69(51-26-11-16-37-31-34-13-3-6-20-45(34)66(48)55(37)51)63(52)54-42-30-28-39-33-36-15-2-5-19-44(36)65-47-22-8-10-25-50(47)68(62(53)54)60(42)57(39)65/h1-30H,31-33H2. The number of para-hydroxylation sites is 3. The molecule has 0 bridgehead atoms. The predicted molar refractivity (Wildman–Crippen MR) is 291 cm³/mol. The van der Waals surface area contributed by atoms with E-state index < -0.39 is 0 Å². The van der Waals surface area contributed by atoms with E-state index in [0.717, 1.165) is 19.3 Å². The molecular formula is C63H36B3N3. The van der Waals surface area contributed by atoms with Crippen LogP contribution in [-0.4, -0.2) is 33.8 Å². The van der Waals surface area contributed by atoms with Gasteiger partial charge in [-0.1, -0.05) is 180 Å². The Bertz CT molecular complexity index is 4680. The Morgan fingerprint density at radius 1 is 0.246 bits per heavy atom. The van der Waals surface area contributed by atoms with Gasteiger partial charge in [0.25, 0.3) is 0 Å². The zero-order valence-electron chi connectivity index (χ0n) is 37.5. The fourth-order valence-electron chi connectivity index (χ4n) is 15.7. The van der Waals surface area contributed by atoms with E-state index in [1.54, 1.807) is 0 Å². The molecule has 0 saturated carbocycles. The minimum absolute atomic E-state index is 0.161. The molecule has 0 unspecified atom stereocenters. The molecule has 13 aromatic rings. The highest BCUT2D eigenvalue weighted by Crippen LogP contribution is 2.51. The van der Waals surface area contributed by atoms with Crippen LogP contribution in [0.15, 0.2) is 182 Å². The molecule has 0 fully saturated rings. The normalized spacial score (nSPS) is 14.7.